The van der Waals surface area contributed by atoms with Crippen LogP contribution in [0.2, 0.25) is 5.02 Å². The maximum Gasteiger partial charge on any atom is 0.273 e. The third kappa shape index (κ3) is 6.34. The first kappa shape index (κ1) is 37.7. The van der Waals surface area contributed by atoms with Crippen LogP contribution in [0, 0.1) is 5.41 Å². The zero-order valence-electron chi connectivity index (χ0n) is 31.6. The minimum absolute atomic E-state index is 0.146. The number of likely N-dealkylation sites (tertiary alicyclic amines) is 2. The quantitative estimate of drug-likeness (QED) is 0.193. The van der Waals surface area contributed by atoms with E-state index in [1.54, 1.807) is 17.9 Å². The van der Waals surface area contributed by atoms with Gasteiger partial charge in [-0.25, -0.2) is 18.4 Å². The minimum Gasteiger partial charge on any atom is -0.385 e. The van der Waals surface area contributed by atoms with Crippen LogP contribution in [0.4, 0.5) is 14.5 Å². The average molecular weight is 811 g/mol. The number of hydrogen-bond acceptors (Lipinski definition) is 10. The summed E-state index contributed by atoms with van der Waals surface area (Å²) in [4.78, 5) is 64.3. The molecule has 0 radical (unpaired) electrons. The van der Waals surface area contributed by atoms with Gasteiger partial charge >= 0.3 is 0 Å². The summed E-state index contributed by atoms with van der Waals surface area (Å²) in [6, 6.07) is 14.6. The molecule has 3 saturated heterocycles. The molecule has 2 aromatic heterocycles. The lowest BCUT2D eigenvalue weighted by molar-refractivity contribution is -0.220. The Morgan fingerprint density at radius 2 is 1.86 bits per heavy atom. The molecule has 2 unspecified atom stereocenters. The molecule has 5 aliphatic heterocycles. The van der Waals surface area contributed by atoms with Crippen molar-refractivity contribution < 1.29 is 28.0 Å². The number of fused-ring (bicyclic) bond motifs is 2. The number of primary amides is 1. The maximum atomic E-state index is 15.9. The number of nitrogens with two attached hydrogens (primary N) is 1. The number of aromatic nitrogens is 3. The van der Waals surface area contributed by atoms with E-state index < -0.39 is 41.5 Å². The van der Waals surface area contributed by atoms with Crippen LogP contribution in [-0.2, 0) is 22.6 Å². The molecule has 58 heavy (non-hydrogen) atoms. The number of carbonyl (C=O) groups excluding carboxylic acids is 4. The number of imide groups is 1. The number of halogens is 3. The molecule has 0 aliphatic carbocycles. The van der Waals surface area contributed by atoms with Crippen LogP contribution in [0.1, 0.15) is 68.5 Å². The molecule has 2 atom stereocenters. The Balaban J connectivity index is 0.833. The number of benzene rings is 2. The summed E-state index contributed by atoms with van der Waals surface area (Å²) in [5.41, 5.74) is 14.3. The van der Waals surface area contributed by atoms with Gasteiger partial charge in [-0.1, -0.05) is 29.8 Å². The van der Waals surface area contributed by atoms with Gasteiger partial charge in [0.2, 0.25) is 11.8 Å². The van der Waals surface area contributed by atoms with Gasteiger partial charge in [-0.15, -0.1) is 0 Å². The molecule has 9 rings (SSSR count). The number of anilines is 1. The molecule has 0 bridgehead atoms. The Morgan fingerprint density at radius 1 is 1.03 bits per heavy atom. The summed E-state index contributed by atoms with van der Waals surface area (Å²) < 4.78 is 33.5. The number of nitrogens with zero attached hydrogens (tertiary/aromatic N) is 6. The fourth-order valence-electron chi connectivity index (χ4n) is 9.15. The molecule has 5 aliphatic rings. The predicted molar refractivity (Wildman–Crippen MR) is 211 cm³/mol. The van der Waals surface area contributed by atoms with E-state index in [1.165, 1.54) is 29.3 Å². The second-order valence-corrected chi connectivity index (χ2v) is 16.1. The number of piperidine rings is 2. The SMILES string of the molecule is CNC1=CC(N2CCc3c(-c4ccc(CN5CC6(CCN(C(=O)c7ccc(Cl)c(C8CCC(=O)NC8=O)c7)CC6(F)F)C5)cn4)cccc32)Nn2c(C(N)=O)cnc21. The highest BCUT2D eigenvalue weighted by atomic mass is 35.5. The first-order valence-corrected chi connectivity index (χ1v) is 19.6. The van der Waals surface area contributed by atoms with E-state index in [1.807, 2.05) is 29.2 Å². The van der Waals surface area contributed by atoms with Gasteiger partial charge in [0.05, 0.1) is 35.5 Å². The number of rotatable bonds is 8. The van der Waals surface area contributed by atoms with Crippen molar-refractivity contribution in [1.29, 1.82) is 0 Å². The van der Waals surface area contributed by atoms with Crippen LogP contribution >= 0.6 is 11.6 Å². The Morgan fingerprint density at radius 3 is 2.59 bits per heavy atom. The molecule has 14 nitrogen and oxygen atoms in total. The van der Waals surface area contributed by atoms with Crippen molar-refractivity contribution in [1.82, 2.24) is 35.1 Å². The normalized spacial score (nSPS) is 22.0. The molecule has 5 N–H and O–H groups in total. The number of nitrogens with one attached hydrogen (secondary N) is 3. The summed E-state index contributed by atoms with van der Waals surface area (Å²) in [6.45, 7) is 1.08. The molecule has 3 fully saturated rings. The maximum absolute atomic E-state index is 15.9. The summed E-state index contributed by atoms with van der Waals surface area (Å²) in [6.07, 6.45) is 6.35. The fourth-order valence-corrected chi connectivity index (χ4v) is 9.40. The third-order valence-corrected chi connectivity index (χ3v) is 12.6. The summed E-state index contributed by atoms with van der Waals surface area (Å²) in [5, 5.41) is 5.75. The first-order valence-electron chi connectivity index (χ1n) is 19.3. The van der Waals surface area contributed by atoms with Gasteiger partial charge in [0.15, 0.2) is 5.82 Å². The van der Waals surface area contributed by atoms with Crippen LogP contribution in [0.5, 0.6) is 0 Å². The molecular formula is C41H41ClF2N10O4. The third-order valence-electron chi connectivity index (χ3n) is 12.2. The molecule has 4 amide bonds. The Hall–Kier alpha value is -5.87. The van der Waals surface area contributed by atoms with Crippen LogP contribution in [-0.4, -0.2) is 99.9 Å². The Labute approximate surface area is 337 Å². The van der Waals surface area contributed by atoms with Crippen molar-refractivity contribution in [2.24, 2.45) is 11.1 Å². The van der Waals surface area contributed by atoms with E-state index in [0.717, 1.165) is 46.7 Å². The second-order valence-electron chi connectivity index (χ2n) is 15.7. The topological polar surface area (TPSA) is 171 Å². The van der Waals surface area contributed by atoms with Crippen molar-refractivity contribution in [2.75, 3.05) is 50.1 Å². The molecule has 2 aromatic carbocycles. The van der Waals surface area contributed by atoms with Gasteiger partial charge in [0.25, 0.3) is 17.7 Å². The van der Waals surface area contributed by atoms with Crippen LogP contribution < -0.4 is 26.7 Å². The zero-order valence-corrected chi connectivity index (χ0v) is 32.4. The van der Waals surface area contributed by atoms with Gasteiger partial charge in [-0.2, -0.15) is 0 Å². The van der Waals surface area contributed by atoms with Gasteiger partial charge < -0.3 is 20.9 Å². The van der Waals surface area contributed by atoms with E-state index >= 15 is 8.78 Å². The van der Waals surface area contributed by atoms with Gasteiger partial charge in [-0.3, -0.25) is 39.8 Å². The van der Waals surface area contributed by atoms with Crippen molar-refractivity contribution in [2.45, 2.75) is 50.2 Å². The van der Waals surface area contributed by atoms with Crippen LogP contribution in [0.15, 0.2) is 67.0 Å². The van der Waals surface area contributed by atoms with Crippen LogP contribution in [0.25, 0.3) is 17.0 Å². The molecule has 0 saturated carbocycles. The van der Waals surface area contributed by atoms with Gasteiger partial charge in [0.1, 0.15) is 11.9 Å². The fraction of sp³-hybridized carbons (Fsp3) is 0.366. The highest BCUT2D eigenvalue weighted by Gasteiger charge is 2.62. The predicted octanol–water partition coefficient (Wildman–Crippen LogP) is 3.71. The van der Waals surface area contributed by atoms with E-state index in [-0.39, 0.29) is 67.2 Å². The summed E-state index contributed by atoms with van der Waals surface area (Å²) in [5.74, 6) is -5.22. The van der Waals surface area contributed by atoms with E-state index in [2.05, 4.69) is 38.1 Å². The summed E-state index contributed by atoms with van der Waals surface area (Å²) in [7, 11) is 1.80. The lowest BCUT2D eigenvalue weighted by atomic mass is 9.69. The van der Waals surface area contributed by atoms with Crippen molar-refractivity contribution >= 4 is 46.6 Å². The average Bonchev–Trinajstić information content (AvgIpc) is 3.83. The van der Waals surface area contributed by atoms with Crippen molar-refractivity contribution in [3.8, 4) is 11.3 Å². The number of amides is 4. The summed E-state index contributed by atoms with van der Waals surface area (Å²) >= 11 is 6.38. The monoisotopic (exact) mass is 810 g/mol. The smallest absolute Gasteiger partial charge is 0.273 e. The molecule has 300 valence electrons. The number of alkyl halides is 2. The van der Waals surface area contributed by atoms with E-state index in [9.17, 15) is 19.2 Å². The number of carbonyl (C=O) groups is 4. The molecular weight excluding hydrogens is 770 g/mol. The Kier molecular flexibility index (Phi) is 9.23. The van der Waals surface area contributed by atoms with Gasteiger partial charge in [0, 0.05) is 74.2 Å². The minimum atomic E-state index is -3.11. The van der Waals surface area contributed by atoms with E-state index in [0.29, 0.717) is 17.9 Å². The second kappa shape index (κ2) is 14.2. The largest absolute Gasteiger partial charge is 0.385 e. The number of hydrogen-bond donors (Lipinski definition) is 4. The number of imidazole rings is 1. The van der Waals surface area contributed by atoms with Crippen LogP contribution in [0.3, 0.4) is 0 Å². The van der Waals surface area contributed by atoms with Crippen molar-refractivity contribution in [3.63, 3.8) is 0 Å². The van der Waals surface area contributed by atoms with Crippen molar-refractivity contribution in [3.05, 3.63) is 106 Å². The molecule has 17 heteroatoms. The highest BCUT2D eigenvalue weighted by Crippen LogP contribution is 2.51. The lowest BCUT2D eigenvalue weighted by Crippen LogP contribution is -2.70. The molecule has 7 heterocycles. The van der Waals surface area contributed by atoms with Gasteiger partial charge in [-0.05, 0) is 72.4 Å². The Bertz CT molecular complexity index is 2400. The van der Waals surface area contributed by atoms with E-state index in [4.69, 9.17) is 22.3 Å². The first-order chi connectivity index (χ1) is 27.8. The zero-order chi connectivity index (χ0) is 40.5. The highest BCUT2D eigenvalue weighted by molar-refractivity contribution is 6.32. The standard InChI is InChI=1S/C41H41ClF2N10O4/c1-46-31-16-34(50-54-33(36(45)56)18-48-37(31)54)53-13-11-26-25(3-2-4-32(26)53)30-9-5-23(17-47-30)19-51-20-40(21-51)12-14-52(22-41(40,43)44)39(58)24-6-8-29(42)28(15-24)27-7-10-35(55)49-38(27)57/h2-6,8-9,15-18,27,34,46,50H,7,10-14,19-22H2,1H3,(H2,45,56)(H,49,55,57). The molecule has 4 aromatic rings. The molecule has 1 spiro atoms. The number of pyridine rings is 1. The lowest BCUT2D eigenvalue weighted by Gasteiger charge is -2.57.